The molecule has 2 heteroatoms. The van der Waals surface area contributed by atoms with E-state index in [9.17, 15) is 4.79 Å². The Bertz CT molecular complexity index is 239. The van der Waals surface area contributed by atoms with Crippen molar-refractivity contribution >= 4 is 17.6 Å². The highest BCUT2D eigenvalue weighted by atomic mass is 32.1. The summed E-state index contributed by atoms with van der Waals surface area (Å²) < 4.78 is 0. The third-order valence-electron chi connectivity index (χ3n) is 1.98. The van der Waals surface area contributed by atoms with E-state index in [0.717, 1.165) is 17.6 Å². The van der Waals surface area contributed by atoms with E-state index in [0.29, 0.717) is 5.92 Å². The lowest BCUT2D eigenvalue weighted by Crippen LogP contribution is -1.91. The molecule has 0 bridgehead atoms. The van der Waals surface area contributed by atoms with Gasteiger partial charge in [0.1, 0.15) is 0 Å². The first-order valence-electron chi connectivity index (χ1n) is 3.82. The fraction of sp³-hybridized carbons (Fsp3) is 0.444. The van der Waals surface area contributed by atoms with E-state index in [-0.39, 0.29) is 0 Å². The molecule has 60 valence electrons. The highest BCUT2D eigenvalue weighted by Crippen LogP contribution is 2.25. The number of carbonyl (C=O) groups excluding carboxylic acids is 1. The summed E-state index contributed by atoms with van der Waals surface area (Å²) >= 11 is 1.53. The van der Waals surface area contributed by atoms with Gasteiger partial charge in [-0.15, -0.1) is 11.3 Å². The third-order valence-corrected chi connectivity index (χ3v) is 2.84. The lowest BCUT2D eigenvalue weighted by Gasteiger charge is -2.05. The molecule has 0 aromatic carbocycles. The molecule has 1 nitrogen and oxygen atoms in total. The molecule has 11 heavy (non-hydrogen) atoms. The molecule has 0 aliphatic carbocycles. The fourth-order valence-electron chi connectivity index (χ4n) is 1.05. The summed E-state index contributed by atoms with van der Waals surface area (Å²) in [6.07, 6.45) is 2.05. The van der Waals surface area contributed by atoms with Gasteiger partial charge < -0.3 is 0 Å². The second-order valence-electron chi connectivity index (χ2n) is 2.67. The standard InChI is InChI=1S/C9H12OS/c1-3-7(2)8-4-5-11-9(8)6-10/h4-7H,3H2,1-2H3. The topological polar surface area (TPSA) is 17.1 Å². The van der Waals surface area contributed by atoms with Crippen LogP contribution in [0.15, 0.2) is 11.4 Å². The molecule has 1 unspecified atom stereocenters. The van der Waals surface area contributed by atoms with Gasteiger partial charge in [-0.1, -0.05) is 13.8 Å². The minimum absolute atomic E-state index is 0.515. The second kappa shape index (κ2) is 3.67. The zero-order valence-electron chi connectivity index (χ0n) is 6.83. The number of rotatable bonds is 3. The predicted molar refractivity (Wildman–Crippen MR) is 48.4 cm³/mol. The largest absolute Gasteiger partial charge is 0.297 e. The molecule has 1 aromatic rings. The highest BCUT2D eigenvalue weighted by Gasteiger charge is 2.08. The SMILES string of the molecule is CCC(C)c1ccsc1C=O. The van der Waals surface area contributed by atoms with E-state index in [1.165, 1.54) is 16.9 Å². The Morgan fingerprint density at radius 2 is 2.45 bits per heavy atom. The normalized spacial score (nSPS) is 12.9. The van der Waals surface area contributed by atoms with Gasteiger partial charge in [0.05, 0.1) is 4.88 Å². The zero-order chi connectivity index (χ0) is 8.27. The number of carbonyl (C=O) groups is 1. The van der Waals surface area contributed by atoms with Crippen LogP contribution in [0, 0.1) is 0 Å². The van der Waals surface area contributed by atoms with E-state index < -0.39 is 0 Å². The molecule has 0 saturated carbocycles. The first-order chi connectivity index (χ1) is 5.29. The van der Waals surface area contributed by atoms with Gasteiger partial charge in [0.2, 0.25) is 0 Å². The number of thiophene rings is 1. The van der Waals surface area contributed by atoms with Crippen LogP contribution in [0.25, 0.3) is 0 Å². The van der Waals surface area contributed by atoms with Crippen molar-refractivity contribution in [3.63, 3.8) is 0 Å². The van der Waals surface area contributed by atoms with E-state index in [1.807, 2.05) is 11.4 Å². The van der Waals surface area contributed by atoms with Gasteiger partial charge in [-0.25, -0.2) is 0 Å². The molecular formula is C9H12OS. The monoisotopic (exact) mass is 168 g/mol. The van der Waals surface area contributed by atoms with Crippen LogP contribution in [0.5, 0.6) is 0 Å². The summed E-state index contributed by atoms with van der Waals surface area (Å²) in [5.74, 6) is 0.515. The molecule has 0 aliphatic rings. The van der Waals surface area contributed by atoms with Crippen molar-refractivity contribution in [3.8, 4) is 0 Å². The van der Waals surface area contributed by atoms with Crippen molar-refractivity contribution < 1.29 is 4.79 Å². The summed E-state index contributed by atoms with van der Waals surface area (Å²) in [5.41, 5.74) is 1.20. The van der Waals surface area contributed by atoms with Crippen molar-refractivity contribution in [2.45, 2.75) is 26.2 Å². The maximum atomic E-state index is 10.5. The molecule has 1 atom stereocenters. The van der Waals surface area contributed by atoms with Gasteiger partial charge in [-0.05, 0) is 29.3 Å². The third kappa shape index (κ3) is 1.69. The molecule has 0 saturated heterocycles. The summed E-state index contributed by atoms with van der Waals surface area (Å²) in [5, 5.41) is 1.98. The molecule has 0 spiro atoms. The van der Waals surface area contributed by atoms with Crippen LogP contribution in [0.3, 0.4) is 0 Å². The fourth-order valence-corrected chi connectivity index (χ4v) is 1.88. The van der Waals surface area contributed by atoms with Crippen molar-refractivity contribution in [2.75, 3.05) is 0 Å². The van der Waals surface area contributed by atoms with Crippen LogP contribution in [-0.2, 0) is 0 Å². The maximum Gasteiger partial charge on any atom is 0.160 e. The lowest BCUT2D eigenvalue weighted by molar-refractivity contribution is 0.112. The summed E-state index contributed by atoms with van der Waals surface area (Å²) in [6, 6.07) is 2.04. The predicted octanol–water partition coefficient (Wildman–Crippen LogP) is 3.07. The molecule has 1 heterocycles. The smallest absolute Gasteiger partial charge is 0.160 e. The van der Waals surface area contributed by atoms with Crippen LogP contribution in [0.4, 0.5) is 0 Å². The van der Waals surface area contributed by atoms with Crippen LogP contribution < -0.4 is 0 Å². The Morgan fingerprint density at radius 3 is 3.00 bits per heavy atom. The molecule has 1 rings (SSSR count). The Morgan fingerprint density at radius 1 is 1.73 bits per heavy atom. The van der Waals surface area contributed by atoms with Gasteiger partial charge in [0, 0.05) is 0 Å². The molecule has 0 N–H and O–H groups in total. The minimum atomic E-state index is 0.515. The molecule has 0 aliphatic heterocycles. The highest BCUT2D eigenvalue weighted by molar-refractivity contribution is 7.11. The van der Waals surface area contributed by atoms with Crippen LogP contribution >= 0.6 is 11.3 Å². The van der Waals surface area contributed by atoms with Gasteiger partial charge in [0.25, 0.3) is 0 Å². The van der Waals surface area contributed by atoms with Gasteiger partial charge >= 0.3 is 0 Å². The first-order valence-corrected chi connectivity index (χ1v) is 4.70. The average Bonchev–Trinajstić information content (AvgIpc) is 2.50. The number of hydrogen-bond donors (Lipinski definition) is 0. The first kappa shape index (κ1) is 8.47. The van der Waals surface area contributed by atoms with Crippen LogP contribution in [0.1, 0.15) is 41.4 Å². The molecule has 0 radical (unpaired) electrons. The maximum absolute atomic E-state index is 10.5. The van der Waals surface area contributed by atoms with E-state index in [1.54, 1.807) is 0 Å². The Hall–Kier alpha value is -0.630. The van der Waals surface area contributed by atoms with Gasteiger partial charge in [-0.3, -0.25) is 4.79 Å². The van der Waals surface area contributed by atoms with Crippen molar-refractivity contribution in [1.29, 1.82) is 0 Å². The lowest BCUT2D eigenvalue weighted by atomic mass is 10.00. The minimum Gasteiger partial charge on any atom is -0.297 e. The van der Waals surface area contributed by atoms with E-state index >= 15 is 0 Å². The second-order valence-corrected chi connectivity index (χ2v) is 3.62. The number of hydrogen-bond acceptors (Lipinski definition) is 2. The quantitative estimate of drug-likeness (QED) is 0.634. The molecule has 0 fully saturated rings. The average molecular weight is 168 g/mol. The number of aldehydes is 1. The van der Waals surface area contributed by atoms with Gasteiger partial charge in [-0.2, -0.15) is 0 Å². The Balaban J connectivity index is 2.92. The van der Waals surface area contributed by atoms with Crippen LogP contribution in [-0.4, -0.2) is 6.29 Å². The van der Waals surface area contributed by atoms with Crippen molar-refractivity contribution in [2.24, 2.45) is 0 Å². The summed E-state index contributed by atoms with van der Waals surface area (Å²) in [7, 11) is 0. The summed E-state index contributed by atoms with van der Waals surface area (Å²) in [4.78, 5) is 11.4. The Kier molecular flexibility index (Phi) is 2.83. The van der Waals surface area contributed by atoms with Crippen LogP contribution in [0.2, 0.25) is 0 Å². The van der Waals surface area contributed by atoms with Crippen molar-refractivity contribution in [1.82, 2.24) is 0 Å². The zero-order valence-corrected chi connectivity index (χ0v) is 7.65. The summed E-state index contributed by atoms with van der Waals surface area (Å²) in [6.45, 7) is 4.28. The van der Waals surface area contributed by atoms with E-state index in [4.69, 9.17) is 0 Å². The molecule has 0 amide bonds. The van der Waals surface area contributed by atoms with E-state index in [2.05, 4.69) is 13.8 Å². The Labute approximate surface area is 71.1 Å². The van der Waals surface area contributed by atoms with Gasteiger partial charge in [0.15, 0.2) is 6.29 Å². The molecule has 1 aromatic heterocycles. The van der Waals surface area contributed by atoms with Crippen molar-refractivity contribution in [3.05, 3.63) is 21.9 Å². The molecular weight excluding hydrogens is 156 g/mol.